The van der Waals surface area contributed by atoms with Crippen molar-refractivity contribution in [3.63, 3.8) is 0 Å². The van der Waals surface area contributed by atoms with Crippen LogP contribution >= 0.6 is 15.9 Å². The average Bonchev–Trinajstić information content (AvgIpc) is 2.78. The number of rotatable bonds is 5. The number of esters is 1. The lowest BCUT2D eigenvalue weighted by molar-refractivity contribution is 0.0476. The first-order chi connectivity index (χ1) is 15.3. The minimum absolute atomic E-state index is 0.255. The second-order valence-electron chi connectivity index (χ2n) is 7.88. The number of benzene rings is 3. The van der Waals surface area contributed by atoms with E-state index in [1.165, 1.54) is 5.56 Å². The van der Waals surface area contributed by atoms with Gasteiger partial charge in [-0.1, -0.05) is 51.8 Å². The number of carbonyl (C=O) groups is 2. The van der Waals surface area contributed by atoms with Crippen LogP contribution in [0, 0.1) is 20.8 Å². The molecule has 1 heterocycles. The second-order valence-corrected chi connectivity index (χ2v) is 8.80. The van der Waals surface area contributed by atoms with E-state index in [9.17, 15) is 9.59 Å². The molecule has 4 rings (SSSR count). The van der Waals surface area contributed by atoms with E-state index in [0.717, 1.165) is 21.2 Å². The molecule has 0 N–H and O–H groups in total. The number of Topliss-reactive ketones (excluding diaryl/α,β-unsaturated/α-hetero) is 1. The molecule has 0 spiro atoms. The molecule has 0 saturated carbocycles. The maximum Gasteiger partial charge on any atom is 0.339 e. The fourth-order valence-electron chi connectivity index (χ4n) is 3.49. The third kappa shape index (κ3) is 4.63. The number of hydrogen-bond donors (Lipinski definition) is 0. The van der Waals surface area contributed by atoms with Crippen LogP contribution in [-0.4, -0.2) is 23.3 Å². The van der Waals surface area contributed by atoms with Gasteiger partial charge in [-0.3, -0.25) is 4.79 Å². The van der Waals surface area contributed by atoms with Crippen LogP contribution in [0.15, 0.2) is 71.2 Å². The van der Waals surface area contributed by atoms with Gasteiger partial charge in [0, 0.05) is 21.0 Å². The lowest BCUT2D eigenvalue weighted by Crippen LogP contribution is -2.15. The van der Waals surface area contributed by atoms with Crippen LogP contribution in [0.25, 0.3) is 22.2 Å². The zero-order valence-electron chi connectivity index (χ0n) is 18.1. The van der Waals surface area contributed by atoms with Crippen molar-refractivity contribution in [1.82, 2.24) is 4.98 Å². The molecule has 4 aromatic rings. The molecular weight excluding hydrogens is 466 g/mol. The predicted octanol–water partition coefficient (Wildman–Crippen LogP) is 6.63. The van der Waals surface area contributed by atoms with Crippen molar-refractivity contribution >= 4 is 38.6 Å². The molecule has 0 aliphatic heterocycles. The Kier molecular flexibility index (Phi) is 6.19. The second kappa shape index (κ2) is 9.05. The first kappa shape index (κ1) is 21.9. The van der Waals surface area contributed by atoms with Crippen LogP contribution in [0.5, 0.6) is 0 Å². The molecule has 160 valence electrons. The summed E-state index contributed by atoms with van der Waals surface area (Å²) in [4.78, 5) is 30.3. The van der Waals surface area contributed by atoms with Crippen molar-refractivity contribution in [3.05, 3.63) is 99.0 Å². The Morgan fingerprint density at radius 2 is 1.62 bits per heavy atom. The molecule has 1 aromatic heterocycles. The highest BCUT2D eigenvalue weighted by Gasteiger charge is 2.18. The average molecular weight is 488 g/mol. The van der Waals surface area contributed by atoms with Gasteiger partial charge in [0.1, 0.15) is 0 Å². The molecule has 0 aliphatic carbocycles. The fourth-order valence-corrected chi connectivity index (χ4v) is 3.75. The van der Waals surface area contributed by atoms with Gasteiger partial charge in [0.2, 0.25) is 0 Å². The van der Waals surface area contributed by atoms with E-state index in [-0.39, 0.29) is 12.4 Å². The van der Waals surface area contributed by atoms with Gasteiger partial charge >= 0.3 is 5.97 Å². The number of fused-ring (bicyclic) bond motifs is 1. The Morgan fingerprint density at radius 1 is 0.875 bits per heavy atom. The van der Waals surface area contributed by atoms with Crippen LogP contribution in [-0.2, 0) is 4.74 Å². The summed E-state index contributed by atoms with van der Waals surface area (Å²) in [6.07, 6.45) is 0. The first-order valence-electron chi connectivity index (χ1n) is 10.3. The predicted molar refractivity (Wildman–Crippen MR) is 130 cm³/mol. The summed E-state index contributed by atoms with van der Waals surface area (Å²) in [5, 5.41) is 0.707. The lowest BCUT2D eigenvalue weighted by atomic mass is 10.00. The first-order valence-corrected chi connectivity index (χ1v) is 11.1. The molecule has 32 heavy (non-hydrogen) atoms. The Morgan fingerprint density at radius 3 is 2.34 bits per heavy atom. The molecular formula is C27H22BrNO3. The van der Waals surface area contributed by atoms with Gasteiger partial charge in [0.15, 0.2) is 12.4 Å². The molecule has 0 aliphatic rings. The zero-order valence-corrected chi connectivity index (χ0v) is 19.7. The molecule has 0 atom stereocenters. The monoisotopic (exact) mass is 487 g/mol. The van der Waals surface area contributed by atoms with E-state index in [1.807, 2.05) is 44.2 Å². The van der Waals surface area contributed by atoms with E-state index < -0.39 is 5.97 Å². The quantitative estimate of drug-likeness (QED) is 0.234. The van der Waals surface area contributed by atoms with Crippen molar-refractivity contribution < 1.29 is 14.3 Å². The minimum Gasteiger partial charge on any atom is -0.454 e. The number of halogens is 1. The van der Waals surface area contributed by atoms with E-state index in [1.54, 1.807) is 30.3 Å². The van der Waals surface area contributed by atoms with Gasteiger partial charge in [-0.2, -0.15) is 0 Å². The number of ether oxygens (including phenoxy) is 1. The van der Waals surface area contributed by atoms with Crippen molar-refractivity contribution in [1.29, 1.82) is 0 Å². The summed E-state index contributed by atoms with van der Waals surface area (Å²) in [5.74, 6) is -0.798. The lowest BCUT2D eigenvalue weighted by Gasteiger charge is -2.12. The molecule has 0 unspecified atom stereocenters. The molecule has 0 amide bonds. The minimum atomic E-state index is -0.543. The van der Waals surface area contributed by atoms with E-state index in [0.29, 0.717) is 27.7 Å². The van der Waals surface area contributed by atoms with E-state index in [2.05, 4.69) is 28.9 Å². The van der Waals surface area contributed by atoms with Gasteiger partial charge in [0.25, 0.3) is 0 Å². The number of nitrogens with zero attached hydrogens (tertiary/aromatic N) is 1. The Balaban J connectivity index is 1.68. The topological polar surface area (TPSA) is 56.3 Å². The number of aryl methyl sites for hydroxylation is 3. The third-order valence-electron chi connectivity index (χ3n) is 5.49. The molecule has 5 heteroatoms. The van der Waals surface area contributed by atoms with E-state index in [4.69, 9.17) is 9.72 Å². The number of ketones is 1. The SMILES string of the molecule is Cc1ccc2nc(-c3ccc(C)c(C)c3)cc(C(=O)OCC(=O)c3ccc(Br)cc3)c2c1. The molecule has 0 bridgehead atoms. The summed E-state index contributed by atoms with van der Waals surface area (Å²) < 4.78 is 6.31. The smallest absolute Gasteiger partial charge is 0.339 e. The van der Waals surface area contributed by atoms with Crippen LogP contribution in [0.1, 0.15) is 37.4 Å². The van der Waals surface area contributed by atoms with Crippen LogP contribution in [0.3, 0.4) is 0 Å². The summed E-state index contributed by atoms with van der Waals surface area (Å²) in [5.41, 5.74) is 6.57. The number of hydrogen-bond acceptors (Lipinski definition) is 4. The maximum absolute atomic E-state index is 13.1. The third-order valence-corrected chi connectivity index (χ3v) is 6.02. The normalized spacial score (nSPS) is 10.9. The van der Waals surface area contributed by atoms with Crippen LogP contribution in [0.2, 0.25) is 0 Å². The Labute approximate surface area is 195 Å². The number of carbonyl (C=O) groups excluding carboxylic acids is 2. The van der Waals surface area contributed by atoms with Crippen LogP contribution < -0.4 is 0 Å². The fraction of sp³-hybridized carbons (Fsp3) is 0.148. The summed E-state index contributed by atoms with van der Waals surface area (Å²) in [6.45, 7) is 5.74. The highest BCUT2D eigenvalue weighted by Crippen LogP contribution is 2.27. The highest BCUT2D eigenvalue weighted by molar-refractivity contribution is 9.10. The molecule has 0 fully saturated rings. The van der Waals surface area contributed by atoms with Gasteiger partial charge in [-0.05, 0) is 68.3 Å². The van der Waals surface area contributed by atoms with Gasteiger partial charge in [-0.25, -0.2) is 9.78 Å². The zero-order chi connectivity index (χ0) is 22.8. The van der Waals surface area contributed by atoms with Gasteiger partial charge < -0.3 is 4.74 Å². The summed E-state index contributed by atoms with van der Waals surface area (Å²) in [6, 6.07) is 20.6. The van der Waals surface area contributed by atoms with Crippen molar-refractivity contribution in [2.24, 2.45) is 0 Å². The van der Waals surface area contributed by atoms with Gasteiger partial charge in [-0.15, -0.1) is 0 Å². The van der Waals surface area contributed by atoms with Gasteiger partial charge in [0.05, 0.1) is 16.8 Å². The van der Waals surface area contributed by atoms with E-state index >= 15 is 0 Å². The molecule has 4 nitrogen and oxygen atoms in total. The standard InChI is InChI=1S/C27H22BrNO3/c1-16-4-11-24-22(12-16)23(14-25(29-24)20-6-5-17(2)18(3)13-20)27(31)32-15-26(30)19-7-9-21(28)10-8-19/h4-14H,15H2,1-3H3. The molecule has 0 radical (unpaired) electrons. The summed E-state index contributed by atoms with van der Waals surface area (Å²) >= 11 is 3.35. The van der Waals surface area contributed by atoms with Crippen molar-refractivity contribution in [3.8, 4) is 11.3 Å². The Bertz CT molecular complexity index is 1340. The maximum atomic E-state index is 13.1. The molecule has 0 saturated heterocycles. The van der Waals surface area contributed by atoms with Crippen molar-refractivity contribution in [2.75, 3.05) is 6.61 Å². The molecule has 3 aromatic carbocycles. The number of pyridine rings is 1. The van der Waals surface area contributed by atoms with Crippen LogP contribution in [0.4, 0.5) is 0 Å². The largest absolute Gasteiger partial charge is 0.454 e. The Hall–Kier alpha value is -3.31. The number of aromatic nitrogens is 1. The highest BCUT2D eigenvalue weighted by atomic mass is 79.9. The summed E-state index contributed by atoms with van der Waals surface area (Å²) in [7, 11) is 0. The van der Waals surface area contributed by atoms with Crippen molar-refractivity contribution in [2.45, 2.75) is 20.8 Å².